The number of benzene rings is 1. The minimum absolute atomic E-state index is 0.498. The Morgan fingerprint density at radius 3 is 2.33 bits per heavy atom. The van der Waals surface area contributed by atoms with Crippen molar-refractivity contribution in [1.29, 1.82) is 0 Å². The van der Waals surface area contributed by atoms with Gasteiger partial charge >= 0.3 is 0 Å². The Balaban J connectivity index is 2.59. The summed E-state index contributed by atoms with van der Waals surface area (Å²) in [7, 11) is -1.45. The third-order valence-electron chi connectivity index (χ3n) is 1.90. The summed E-state index contributed by atoms with van der Waals surface area (Å²) in [5, 5.41) is 0. The van der Waals surface area contributed by atoms with E-state index in [-0.39, 0.29) is 0 Å². The van der Waals surface area contributed by atoms with Crippen molar-refractivity contribution in [3.8, 4) is 0 Å². The van der Waals surface area contributed by atoms with Crippen LogP contribution in [-0.4, -0.2) is 7.42 Å². The van der Waals surface area contributed by atoms with Gasteiger partial charge in [0.15, 0.2) is 0 Å². The average Bonchev–Trinajstić information content (AvgIpc) is 2.05. The molecule has 0 saturated carbocycles. The van der Waals surface area contributed by atoms with Crippen molar-refractivity contribution in [3.05, 3.63) is 35.9 Å². The van der Waals surface area contributed by atoms with Crippen molar-refractivity contribution in [2.24, 2.45) is 0 Å². The van der Waals surface area contributed by atoms with E-state index in [0.717, 1.165) is 6.04 Å². The van der Waals surface area contributed by atoms with Crippen LogP contribution in [0.4, 0.5) is 0 Å². The van der Waals surface area contributed by atoms with Crippen molar-refractivity contribution >= 4 is 29.6 Å². The van der Waals surface area contributed by atoms with Gasteiger partial charge in [0.05, 0.1) is 0 Å². The minimum Gasteiger partial charge on any atom is -0.150 e. The second-order valence-corrected chi connectivity index (χ2v) is 8.02. The van der Waals surface area contributed by atoms with E-state index >= 15 is 0 Å². The molecular formula is C9H12Cl2Si. The van der Waals surface area contributed by atoms with Gasteiger partial charge in [0, 0.05) is 0 Å². The lowest BCUT2D eigenvalue weighted by molar-refractivity contribution is 0.861. The molecule has 1 aromatic carbocycles. The van der Waals surface area contributed by atoms with Crippen molar-refractivity contribution in [2.45, 2.75) is 18.9 Å². The molecule has 0 heterocycles. The van der Waals surface area contributed by atoms with Crippen LogP contribution in [0.2, 0.25) is 6.04 Å². The highest BCUT2D eigenvalue weighted by Gasteiger charge is 2.10. The Hall–Kier alpha value is 0.0169. The molecule has 12 heavy (non-hydrogen) atoms. The highest BCUT2D eigenvalue weighted by atomic mass is 35.7. The molecule has 0 spiro atoms. The van der Waals surface area contributed by atoms with Gasteiger partial charge < -0.3 is 0 Å². The van der Waals surface area contributed by atoms with E-state index in [9.17, 15) is 0 Å². The van der Waals surface area contributed by atoms with Gasteiger partial charge in [-0.15, -0.1) is 0 Å². The molecule has 1 rings (SSSR count). The van der Waals surface area contributed by atoms with Crippen LogP contribution in [0.5, 0.6) is 0 Å². The molecule has 0 aliphatic carbocycles. The molecule has 0 aromatic heterocycles. The second kappa shape index (κ2) is 4.90. The highest BCUT2D eigenvalue weighted by Crippen LogP contribution is 2.23. The van der Waals surface area contributed by atoms with E-state index in [1.165, 1.54) is 5.56 Å². The third kappa shape index (κ3) is 3.17. The fraction of sp³-hybridized carbons (Fsp3) is 0.333. The summed E-state index contributed by atoms with van der Waals surface area (Å²) >= 11 is 11.7. The first-order chi connectivity index (χ1) is 5.70. The van der Waals surface area contributed by atoms with Crippen LogP contribution in [0.15, 0.2) is 30.3 Å². The molecule has 0 radical (unpaired) electrons. The van der Waals surface area contributed by atoms with Crippen molar-refractivity contribution in [1.82, 2.24) is 0 Å². The number of hydrogen-bond donors (Lipinski definition) is 0. The van der Waals surface area contributed by atoms with Gasteiger partial charge in [0.1, 0.15) is 0 Å². The summed E-state index contributed by atoms with van der Waals surface area (Å²) in [6.07, 6.45) is 0. The lowest BCUT2D eigenvalue weighted by Gasteiger charge is -2.10. The summed E-state index contributed by atoms with van der Waals surface area (Å²) in [4.78, 5) is 0. The van der Waals surface area contributed by atoms with E-state index in [1.54, 1.807) is 0 Å². The van der Waals surface area contributed by atoms with Crippen LogP contribution in [-0.2, 0) is 0 Å². The largest absolute Gasteiger partial charge is 0.237 e. The van der Waals surface area contributed by atoms with E-state index in [0.29, 0.717) is 5.92 Å². The Morgan fingerprint density at radius 1 is 1.25 bits per heavy atom. The van der Waals surface area contributed by atoms with Gasteiger partial charge in [0.2, 0.25) is 7.42 Å². The fourth-order valence-corrected chi connectivity index (χ4v) is 3.60. The SMILES string of the molecule is C[C@H](C[SiH](Cl)Cl)c1ccccc1. The highest BCUT2D eigenvalue weighted by molar-refractivity contribution is 7.33. The first-order valence-corrected chi connectivity index (χ1v) is 8.34. The predicted molar refractivity (Wildman–Crippen MR) is 58.5 cm³/mol. The molecule has 0 unspecified atom stereocenters. The zero-order valence-corrected chi connectivity index (χ0v) is 9.67. The summed E-state index contributed by atoms with van der Waals surface area (Å²) in [6, 6.07) is 11.3. The van der Waals surface area contributed by atoms with Crippen LogP contribution in [0.25, 0.3) is 0 Å². The van der Waals surface area contributed by atoms with Crippen LogP contribution >= 0.6 is 22.2 Å². The molecule has 0 amide bonds. The Bertz CT molecular complexity index is 223. The van der Waals surface area contributed by atoms with Crippen LogP contribution < -0.4 is 0 Å². The maximum absolute atomic E-state index is 5.83. The van der Waals surface area contributed by atoms with E-state index < -0.39 is 7.42 Å². The molecule has 3 heteroatoms. The first-order valence-electron chi connectivity index (χ1n) is 4.03. The fourth-order valence-electron chi connectivity index (χ4n) is 1.18. The van der Waals surface area contributed by atoms with Crippen molar-refractivity contribution < 1.29 is 0 Å². The molecule has 1 atom stereocenters. The van der Waals surface area contributed by atoms with E-state index in [4.69, 9.17) is 22.2 Å². The monoisotopic (exact) mass is 218 g/mol. The summed E-state index contributed by atoms with van der Waals surface area (Å²) in [6.45, 7) is 2.17. The molecule has 0 aliphatic rings. The first kappa shape index (κ1) is 10.1. The smallest absolute Gasteiger partial charge is 0.150 e. The number of rotatable bonds is 3. The summed E-state index contributed by atoms with van der Waals surface area (Å²) < 4.78 is 0. The van der Waals surface area contributed by atoms with Crippen LogP contribution in [0, 0.1) is 0 Å². The molecule has 0 saturated heterocycles. The number of halogens is 2. The molecule has 0 fully saturated rings. The standard InChI is InChI=1S/C9H12Cl2Si/c1-8(7-12(10)11)9-5-3-2-4-6-9/h2-6,8,12H,7H2,1H3/t8-/m1/s1. The molecule has 1 aromatic rings. The maximum Gasteiger partial charge on any atom is 0.237 e. The molecule has 0 nitrogen and oxygen atoms in total. The lowest BCUT2D eigenvalue weighted by atomic mass is 10.0. The quantitative estimate of drug-likeness (QED) is 0.539. The zero-order chi connectivity index (χ0) is 8.97. The Morgan fingerprint density at radius 2 is 1.83 bits per heavy atom. The van der Waals surface area contributed by atoms with Gasteiger partial charge in [-0.25, -0.2) is 0 Å². The Labute approximate surface area is 84.5 Å². The molecule has 66 valence electrons. The molecule has 0 bridgehead atoms. The van der Waals surface area contributed by atoms with Gasteiger partial charge in [-0.2, -0.15) is 22.2 Å². The van der Waals surface area contributed by atoms with Gasteiger partial charge in [-0.05, 0) is 17.5 Å². The van der Waals surface area contributed by atoms with Crippen molar-refractivity contribution in [3.63, 3.8) is 0 Å². The number of hydrogen-bond acceptors (Lipinski definition) is 0. The topological polar surface area (TPSA) is 0 Å². The normalized spacial score (nSPS) is 13.3. The van der Waals surface area contributed by atoms with Crippen LogP contribution in [0.1, 0.15) is 18.4 Å². The van der Waals surface area contributed by atoms with Gasteiger partial charge in [-0.3, -0.25) is 0 Å². The molecule has 0 aliphatic heterocycles. The zero-order valence-electron chi connectivity index (χ0n) is 7.00. The van der Waals surface area contributed by atoms with E-state index in [1.807, 2.05) is 18.2 Å². The second-order valence-electron chi connectivity index (χ2n) is 2.94. The van der Waals surface area contributed by atoms with Gasteiger partial charge in [-0.1, -0.05) is 37.3 Å². The minimum atomic E-state index is -1.45. The van der Waals surface area contributed by atoms with Gasteiger partial charge in [0.25, 0.3) is 0 Å². The maximum atomic E-state index is 5.83. The Kier molecular flexibility index (Phi) is 4.13. The molecular weight excluding hydrogens is 207 g/mol. The predicted octanol–water partition coefficient (Wildman–Crippen LogP) is 3.49. The lowest BCUT2D eigenvalue weighted by Crippen LogP contribution is -2.00. The average molecular weight is 219 g/mol. The summed E-state index contributed by atoms with van der Waals surface area (Å²) in [5.41, 5.74) is 1.33. The van der Waals surface area contributed by atoms with Crippen molar-refractivity contribution in [2.75, 3.05) is 0 Å². The molecule has 0 N–H and O–H groups in total. The third-order valence-corrected chi connectivity index (χ3v) is 4.03. The summed E-state index contributed by atoms with van der Waals surface area (Å²) in [5.74, 6) is 0.498. The van der Waals surface area contributed by atoms with Crippen LogP contribution in [0.3, 0.4) is 0 Å². The van der Waals surface area contributed by atoms with E-state index in [2.05, 4.69) is 19.1 Å².